The van der Waals surface area contributed by atoms with Crippen LogP contribution in [-0.2, 0) is 0 Å². The molecule has 0 aromatic heterocycles. The third kappa shape index (κ3) is 1.60. The Morgan fingerprint density at radius 2 is 2.00 bits per heavy atom. The van der Waals surface area contributed by atoms with Crippen LogP contribution in [0.15, 0.2) is 12.2 Å². The highest BCUT2D eigenvalue weighted by molar-refractivity contribution is 9.10. The molecule has 0 aromatic rings. The van der Waals surface area contributed by atoms with Crippen molar-refractivity contribution in [2.45, 2.75) is 56.2 Å². The molecule has 1 saturated carbocycles. The lowest BCUT2D eigenvalue weighted by molar-refractivity contribution is 0.408. The highest BCUT2D eigenvalue weighted by atomic mass is 79.9. The van der Waals surface area contributed by atoms with Gasteiger partial charge in [0.15, 0.2) is 0 Å². The SMILES string of the molecule is CCCCC[C@]12CC=CC[C@@]1(Br)C2. The molecule has 1 heteroatoms. The van der Waals surface area contributed by atoms with E-state index in [1.807, 2.05) is 0 Å². The van der Waals surface area contributed by atoms with E-state index in [4.69, 9.17) is 0 Å². The van der Waals surface area contributed by atoms with Crippen molar-refractivity contribution in [3.63, 3.8) is 0 Å². The zero-order valence-electron chi connectivity index (χ0n) is 8.48. The Hall–Kier alpha value is 0.220. The van der Waals surface area contributed by atoms with Gasteiger partial charge < -0.3 is 0 Å². The standard InChI is InChI=1S/C12H19Br/c1-2-3-4-7-11-8-5-6-9-12(11,13)10-11/h5-6H,2-4,7-10H2,1H3/t11-,12-/m1/s1. The summed E-state index contributed by atoms with van der Waals surface area (Å²) in [5.41, 5.74) is 0.664. The maximum atomic E-state index is 3.92. The maximum absolute atomic E-state index is 3.92. The molecule has 1 fully saturated rings. The predicted molar refractivity (Wildman–Crippen MR) is 61.2 cm³/mol. The predicted octanol–water partition coefficient (Wildman–Crippen LogP) is 4.44. The minimum absolute atomic E-state index is 0.516. The summed E-state index contributed by atoms with van der Waals surface area (Å²) >= 11 is 3.92. The lowest BCUT2D eigenvalue weighted by Gasteiger charge is -2.22. The smallest absolute Gasteiger partial charge is 0.0357 e. The lowest BCUT2D eigenvalue weighted by Crippen LogP contribution is -2.15. The molecule has 0 spiro atoms. The number of hydrogen-bond donors (Lipinski definition) is 0. The van der Waals surface area contributed by atoms with Gasteiger partial charge in [-0.1, -0.05) is 54.3 Å². The molecule has 13 heavy (non-hydrogen) atoms. The van der Waals surface area contributed by atoms with Crippen molar-refractivity contribution in [3.05, 3.63) is 12.2 Å². The van der Waals surface area contributed by atoms with Crippen LogP contribution in [0.4, 0.5) is 0 Å². The molecule has 0 amide bonds. The van der Waals surface area contributed by atoms with Gasteiger partial charge in [0.1, 0.15) is 0 Å². The number of halogens is 1. The van der Waals surface area contributed by atoms with Gasteiger partial charge in [-0.2, -0.15) is 0 Å². The summed E-state index contributed by atoms with van der Waals surface area (Å²) in [6.45, 7) is 2.28. The van der Waals surface area contributed by atoms with Crippen molar-refractivity contribution in [2.75, 3.05) is 0 Å². The van der Waals surface area contributed by atoms with Crippen LogP contribution < -0.4 is 0 Å². The molecule has 0 radical (unpaired) electrons. The van der Waals surface area contributed by atoms with Crippen LogP contribution in [0.1, 0.15) is 51.9 Å². The monoisotopic (exact) mass is 242 g/mol. The molecule has 2 aliphatic rings. The second-order valence-electron chi connectivity index (χ2n) is 4.76. The first-order valence-electron chi connectivity index (χ1n) is 5.56. The summed E-state index contributed by atoms with van der Waals surface area (Å²) < 4.78 is 0.516. The second kappa shape index (κ2) is 3.42. The summed E-state index contributed by atoms with van der Waals surface area (Å²) in [7, 11) is 0. The largest absolute Gasteiger partial charge is 0.0879 e. The fraction of sp³-hybridized carbons (Fsp3) is 0.833. The van der Waals surface area contributed by atoms with Gasteiger partial charge in [-0.25, -0.2) is 0 Å². The minimum Gasteiger partial charge on any atom is -0.0879 e. The van der Waals surface area contributed by atoms with E-state index in [1.165, 1.54) is 44.9 Å². The Morgan fingerprint density at radius 1 is 1.23 bits per heavy atom. The van der Waals surface area contributed by atoms with Crippen LogP contribution in [0.25, 0.3) is 0 Å². The van der Waals surface area contributed by atoms with Gasteiger partial charge in [0, 0.05) is 4.32 Å². The average molecular weight is 243 g/mol. The fourth-order valence-electron chi connectivity index (χ4n) is 2.74. The van der Waals surface area contributed by atoms with Crippen molar-refractivity contribution >= 4 is 15.9 Å². The molecule has 0 N–H and O–H groups in total. The number of allylic oxidation sites excluding steroid dienone is 2. The van der Waals surface area contributed by atoms with E-state index in [0.717, 1.165) is 0 Å². The van der Waals surface area contributed by atoms with E-state index in [-0.39, 0.29) is 0 Å². The van der Waals surface area contributed by atoms with Crippen molar-refractivity contribution in [1.29, 1.82) is 0 Å². The first-order chi connectivity index (χ1) is 6.22. The molecule has 2 atom stereocenters. The highest BCUT2D eigenvalue weighted by Crippen LogP contribution is 2.70. The van der Waals surface area contributed by atoms with E-state index in [1.54, 1.807) is 0 Å². The first-order valence-corrected chi connectivity index (χ1v) is 6.36. The Kier molecular flexibility index (Phi) is 2.57. The van der Waals surface area contributed by atoms with Crippen molar-refractivity contribution in [2.24, 2.45) is 5.41 Å². The molecular formula is C12H19Br. The Labute approximate surface area is 89.9 Å². The third-order valence-corrected chi connectivity index (χ3v) is 5.26. The molecule has 0 bridgehead atoms. The normalized spacial score (nSPS) is 41.7. The number of rotatable bonds is 4. The summed E-state index contributed by atoms with van der Waals surface area (Å²) in [5.74, 6) is 0. The highest BCUT2D eigenvalue weighted by Gasteiger charge is 2.64. The number of hydrogen-bond acceptors (Lipinski definition) is 0. The van der Waals surface area contributed by atoms with Gasteiger partial charge in [0.05, 0.1) is 0 Å². The van der Waals surface area contributed by atoms with Crippen LogP contribution >= 0.6 is 15.9 Å². The van der Waals surface area contributed by atoms with Crippen molar-refractivity contribution < 1.29 is 0 Å². The molecule has 2 aliphatic carbocycles. The molecule has 0 saturated heterocycles. The first kappa shape index (κ1) is 9.76. The number of unbranched alkanes of at least 4 members (excludes halogenated alkanes) is 2. The van der Waals surface area contributed by atoms with Gasteiger partial charge in [-0.05, 0) is 31.1 Å². The number of alkyl halides is 1. The Morgan fingerprint density at radius 3 is 2.69 bits per heavy atom. The summed E-state index contributed by atoms with van der Waals surface area (Å²) in [4.78, 5) is 0. The van der Waals surface area contributed by atoms with E-state index < -0.39 is 0 Å². The zero-order valence-corrected chi connectivity index (χ0v) is 10.1. The molecule has 0 aromatic carbocycles. The second-order valence-corrected chi connectivity index (χ2v) is 6.28. The van der Waals surface area contributed by atoms with E-state index in [9.17, 15) is 0 Å². The van der Waals surface area contributed by atoms with Crippen LogP contribution in [-0.4, -0.2) is 4.32 Å². The third-order valence-electron chi connectivity index (χ3n) is 3.82. The van der Waals surface area contributed by atoms with Gasteiger partial charge >= 0.3 is 0 Å². The molecule has 0 nitrogen and oxygen atoms in total. The molecule has 0 aliphatic heterocycles. The van der Waals surface area contributed by atoms with Crippen LogP contribution in [0.3, 0.4) is 0 Å². The van der Waals surface area contributed by atoms with E-state index in [0.29, 0.717) is 9.74 Å². The van der Waals surface area contributed by atoms with Gasteiger partial charge in [0.25, 0.3) is 0 Å². The minimum atomic E-state index is 0.516. The topological polar surface area (TPSA) is 0 Å². The fourth-order valence-corrected chi connectivity index (χ4v) is 3.83. The molecule has 74 valence electrons. The van der Waals surface area contributed by atoms with Gasteiger partial charge in [0.2, 0.25) is 0 Å². The molecular weight excluding hydrogens is 224 g/mol. The summed E-state index contributed by atoms with van der Waals surface area (Å²) in [5, 5.41) is 0. The molecule has 2 rings (SSSR count). The van der Waals surface area contributed by atoms with Crippen LogP contribution in [0.5, 0.6) is 0 Å². The van der Waals surface area contributed by atoms with Gasteiger partial charge in [-0.3, -0.25) is 0 Å². The van der Waals surface area contributed by atoms with E-state index in [2.05, 4.69) is 35.0 Å². The summed E-state index contributed by atoms with van der Waals surface area (Å²) in [6.07, 6.45) is 14.4. The Bertz CT molecular complexity index is 221. The van der Waals surface area contributed by atoms with E-state index >= 15 is 0 Å². The lowest BCUT2D eigenvalue weighted by atomic mass is 9.88. The van der Waals surface area contributed by atoms with Crippen molar-refractivity contribution in [1.82, 2.24) is 0 Å². The quantitative estimate of drug-likeness (QED) is 0.389. The van der Waals surface area contributed by atoms with Crippen LogP contribution in [0, 0.1) is 5.41 Å². The molecule has 0 heterocycles. The number of fused-ring (bicyclic) bond motifs is 1. The van der Waals surface area contributed by atoms with Crippen molar-refractivity contribution in [3.8, 4) is 0 Å². The Balaban J connectivity index is 1.88. The molecule has 0 unspecified atom stereocenters. The van der Waals surface area contributed by atoms with Gasteiger partial charge in [-0.15, -0.1) is 0 Å². The average Bonchev–Trinajstić information content (AvgIpc) is 2.72. The maximum Gasteiger partial charge on any atom is 0.0357 e. The zero-order chi connectivity index (χ0) is 9.36. The summed E-state index contributed by atoms with van der Waals surface area (Å²) in [6, 6.07) is 0. The van der Waals surface area contributed by atoms with Crippen LogP contribution in [0.2, 0.25) is 0 Å².